The first-order chi connectivity index (χ1) is 9.19. The van der Waals surface area contributed by atoms with Gasteiger partial charge < -0.3 is 9.84 Å². The number of halogens is 1. The van der Waals surface area contributed by atoms with Crippen LogP contribution in [0.5, 0.6) is 5.75 Å². The summed E-state index contributed by atoms with van der Waals surface area (Å²) in [6.07, 6.45) is -0.518. The van der Waals surface area contributed by atoms with Crippen molar-refractivity contribution in [2.75, 3.05) is 12.9 Å². The Labute approximate surface area is 122 Å². The first-order valence-electron chi connectivity index (χ1n) is 5.89. The summed E-state index contributed by atoms with van der Waals surface area (Å²) in [6, 6.07) is 15.1. The van der Waals surface area contributed by atoms with E-state index < -0.39 is 6.10 Å². The lowest BCUT2D eigenvalue weighted by Gasteiger charge is -2.11. The Hall–Kier alpha value is -1.16. The molecule has 2 aromatic carbocycles. The fourth-order valence-corrected chi connectivity index (χ4v) is 2.65. The SMILES string of the molecule is COc1cccc(C(O)CSc2ccc(Cl)cc2)c1. The average molecular weight is 295 g/mol. The van der Waals surface area contributed by atoms with Gasteiger partial charge in [-0.3, -0.25) is 0 Å². The third-order valence-electron chi connectivity index (χ3n) is 2.70. The van der Waals surface area contributed by atoms with Gasteiger partial charge in [0.1, 0.15) is 5.75 Å². The molecule has 1 N–H and O–H groups in total. The number of aliphatic hydroxyl groups is 1. The lowest BCUT2D eigenvalue weighted by atomic mass is 10.1. The molecule has 2 nitrogen and oxygen atoms in total. The van der Waals surface area contributed by atoms with Crippen LogP contribution < -0.4 is 4.74 Å². The molecule has 0 heterocycles. The fourth-order valence-electron chi connectivity index (χ4n) is 1.65. The lowest BCUT2D eigenvalue weighted by Crippen LogP contribution is -2.00. The van der Waals surface area contributed by atoms with Crippen LogP contribution >= 0.6 is 23.4 Å². The molecule has 0 spiro atoms. The van der Waals surface area contributed by atoms with Crippen LogP contribution in [0.3, 0.4) is 0 Å². The number of benzene rings is 2. The molecule has 0 amide bonds. The zero-order chi connectivity index (χ0) is 13.7. The van der Waals surface area contributed by atoms with Crippen molar-refractivity contribution in [1.29, 1.82) is 0 Å². The summed E-state index contributed by atoms with van der Waals surface area (Å²) in [5.41, 5.74) is 0.862. The third-order valence-corrected chi connectivity index (χ3v) is 4.04. The van der Waals surface area contributed by atoms with E-state index in [4.69, 9.17) is 16.3 Å². The van der Waals surface area contributed by atoms with Crippen molar-refractivity contribution in [3.8, 4) is 5.75 Å². The molecule has 0 saturated carbocycles. The molecule has 19 heavy (non-hydrogen) atoms. The molecular formula is C15H15ClO2S. The first-order valence-corrected chi connectivity index (χ1v) is 7.26. The molecule has 4 heteroatoms. The van der Waals surface area contributed by atoms with E-state index in [-0.39, 0.29) is 0 Å². The Bertz CT molecular complexity index is 528. The highest BCUT2D eigenvalue weighted by atomic mass is 35.5. The second-order valence-electron chi connectivity index (χ2n) is 4.06. The summed E-state index contributed by atoms with van der Waals surface area (Å²) < 4.78 is 5.15. The highest BCUT2D eigenvalue weighted by Crippen LogP contribution is 2.27. The summed E-state index contributed by atoms with van der Waals surface area (Å²) in [7, 11) is 1.62. The van der Waals surface area contributed by atoms with Crippen molar-refractivity contribution < 1.29 is 9.84 Å². The maximum Gasteiger partial charge on any atom is 0.119 e. The predicted molar refractivity (Wildman–Crippen MR) is 80.1 cm³/mol. The Kier molecular flexibility index (Phi) is 5.14. The van der Waals surface area contributed by atoms with E-state index in [0.717, 1.165) is 21.2 Å². The molecule has 2 rings (SSSR count). The normalized spacial score (nSPS) is 12.2. The van der Waals surface area contributed by atoms with Crippen molar-refractivity contribution in [3.63, 3.8) is 0 Å². The summed E-state index contributed by atoms with van der Waals surface area (Å²) in [5, 5.41) is 10.9. The summed E-state index contributed by atoms with van der Waals surface area (Å²) in [6.45, 7) is 0. The fraction of sp³-hybridized carbons (Fsp3) is 0.200. The maximum atomic E-state index is 10.2. The van der Waals surface area contributed by atoms with E-state index >= 15 is 0 Å². The number of methoxy groups -OCH3 is 1. The largest absolute Gasteiger partial charge is 0.497 e. The van der Waals surface area contributed by atoms with Gasteiger partial charge in [-0.15, -0.1) is 11.8 Å². The smallest absolute Gasteiger partial charge is 0.119 e. The first kappa shape index (κ1) is 14.3. The second-order valence-corrected chi connectivity index (χ2v) is 5.59. The van der Waals surface area contributed by atoms with Crippen LogP contribution in [0.15, 0.2) is 53.4 Å². The van der Waals surface area contributed by atoms with Gasteiger partial charge in [0.2, 0.25) is 0 Å². The maximum absolute atomic E-state index is 10.2. The number of hydrogen-bond donors (Lipinski definition) is 1. The number of hydrogen-bond acceptors (Lipinski definition) is 3. The number of ether oxygens (including phenoxy) is 1. The summed E-state index contributed by atoms with van der Waals surface area (Å²) in [4.78, 5) is 1.09. The highest BCUT2D eigenvalue weighted by molar-refractivity contribution is 7.99. The monoisotopic (exact) mass is 294 g/mol. The van der Waals surface area contributed by atoms with E-state index in [2.05, 4.69) is 0 Å². The molecule has 0 aliphatic carbocycles. The molecule has 0 aromatic heterocycles. The standard InChI is InChI=1S/C15H15ClO2S/c1-18-13-4-2-3-11(9-13)15(17)10-19-14-7-5-12(16)6-8-14/h2-9,15,17H,10H2,1H3. The second kappa shape index (κ2) is 6.85. The van der Waals surface area contributed by atoms with Crippen molar-refractivity contribution in [2.24, 2.45) is 0 Å². The van der Waals surface area contributed by atoms with Crippen LogP contribution in [-0.2, 0) is 0 Å². The Balaban J connectivity index is 1.96. The van der Waals surface area contributed by atoms with Crippen LogP contribution in [0, 0.1) is 0 Å². The number of aliphatic hydroxyl groups excluding tert-OH is 1. The van der Waals surface area contributed by atoms with Crippen molar-refractivity contribution in [3.05, 3.63) is 59.1 Å². The Morgan fingerprint density at radius 2 is 1.95 bits per heavy atom. The van der Waals surface area contributed by atoms with Gasteiger partial charge in [0.25, 0.3) is 0 Å². The highest BCUT2D eigenvalue weighted by Gasteiger charge is 2.09. The van der Waals surface area contributed by atoms with E-state index in [1.54, 1.807) is 18.9 Å². The minimum Gasteiger partial charge on any atom is -0.497 e. The van der Waals surface area contributed by atoms with Gasteiger partial charge in [-0.05, 0) is 42.0 Å². The van der Waals surface area contributed by atoms with Crippen molar-refractivity contribution in [1.82, 2.24) is 0 Å². The van der Waals surface area contributed by atoms with Gasteiger partial charge in [-0.25, -0.2) is 0 Å². The van der Waals surface area contributed by atoms with Crippen molar-refractivity contribution in [2.45, 2.75) is 11.0 Å². The minimum absolute atomic E-state index is 0.518. The molecule has 1 atom stereocenters. The molecule has 0 saturated heterocycles. The molecule has 0 aliphatic heterocycles. The van der Waals surface area contributed by atoms with Crippen LogP contribution in [0.4, 0.5) is 0 Å². The van der Waals surface area contributed by atoms with E-state index in [1.807, 2.05) is 48.5 Å². The summed E-state index contributed by atoms with van der Waals surface area (Å²) >= 11 is 7.43. The van der Waals surface area contributed by atoms with Gasteiger partial charge in [0.15, 0.2) is 0 Å². The third kappa shape index (κ3) is 4.16. The van der Waals surface area contributed by atoms with Crippen LogP contribution in [0.2, 0.25) is 5.02 Å². The quantitative estimate of drug-likeness (QED) is 0.839. The molecular weight excluding hydrogens is 280 g/mol. The van der Waals surface area contributed by atoms with Crippen LogP contribution in [0.1, 0.15) is 11.7 Å². The number of thioether (sulfide) groups is 1. The van der Waals surface area contributed by atoms with Crippen LogP contribution in [0.25, 0.3) is 0 Å². The number of rotatable bonds is 5. The molecule has 0 fully saturated rings. The molecule has 0 bridgehead atoms. The van der Waals surface area contributed by atoms with Crippen molar-refractivity contribution >= 4 is 23.4 Å². The molecule has 100 valence electrons. The average Bonchev–Trinajstić information content (AvgIpc) is 2.46. The zero-order valence-corrected chi connectivity index (χ0v) is 12.1. The Morgan fingerprint density at radius 1 is 1.21 bits per heavy atom. The van der Waals surface area contributed by atoms with Crippen LogP contribution in [-0.4, -0.2) is 18.0 Å². The molecule has 1 unspecified atom stereocenters. The van der Waals surface area contributed by atoms with E-state index in [9.17, 15) is 5.11 Å². The predicted octanol–water partition coefficient (Wildman–Crippen LogP) is 4.17. The van der Waals surface area contributed by atoms with Gasteiger partial charge >= 0.3 is 0 Å². The zero-order valence-electron chi connectivity index (χ0n) is 10.5. The lowest BCUT2D eigenvalue weighted by molar-refractivity contribution is 0.203. The van der Waals surface area contributed by atoms with E-state index in [1.165, 1.54) is 0 Å². The molecule has 2 aromatic rings. The Morgan fingerprint density at radius 3 is 2.63 bits per heavy atom. The minimum atomic E-state index is -0.518. The molecule has 0 aliphatic rings. The topological polar surface area (TPSA) is 29.5 Å². The molecule has 0 radical (unpaired) electrons. The van der Waals surface area contributed by atoms with Gasteiger partial charge in [0.05, 0.1) is 13.2 Å². The van der Waals surface area contributed by atoms with Gasteiger partial charge in [-0.2, -0.15) is 0 Å². The van der Waals surface area contributed by atoms with Gasteiger partial charge in [-0.1, -0.05) is 23.7 Å². The van der Waals surface area contributed by atoms with Gasteiger partial charge in [0, 0.05) is 15.7 Å². The summed E-state index contributed by atoms with van der Waals surface area (Å²) in [5.74, 6) is 1.35. The van der Waals surface area contributed by atoms with E-state index in [0.29, 0.717) is 5.75 Å².